The Labute approximate surface area is 358 Å². The van der Waals surface area contributed by atoms with E-state index in [-0.39, 0.29) is 70.1 Å². The van der Waals surface area contributed by atoms with Crippen LogP contribution in [-0.2, 0) is 4.74 Å². The van der Waals surface area contributed by atoms with Gasteiger partial charge < -0.3 is 9.84 Å². The van der Waals surface area contributed by atoms with E-state index in [0.29, 0.717) is 35.1 Å². The van der Waals surface area contributed by atoms with Crippen molar-refractivity contribution < 1.29 is 29.0 Å². The largest absolute Gasteiger partial charge is 0.442 e. The van der Waals surface area contributed by atoms with Crippen molar-refractivity contribution in [2.24, 2.45) is 0 Å². The molecule has 4 heterocycles. The SMILES string of the molecule is CC(=O)c1c(Cl)nc(C)nc1Cl.CC(=O)c1c(Cl)nc(C)nc1NN(C)C(=O)OC(C)(C)C.Cc1nc(Cl)c(C(C)O)c(Cl)n1.Cc1nc(Cl)c(C=O)c(Cl)n1. The molecular formula is C33H37Cl7N10O6. The zero-order valence-electron chi connectivity index (χ0n) is 31.8. The first-order valence-corrected chi connectivity index (χ1v) is 18.4. The number of halogens is 7. The molecule has 1 unspecified atom stereocenters. The van der Waals surface area contributed by atoms with Crippen LogP contribution in [0.3, 0.4) is 0 Å². The highest BCUT2D eigenvalue weighted by Gasteiger charge is 2.23. The van der Waals surface area contributed by atoms with Gasteiger partial charge >= 0.3 is 6.09 Å². The Morgan fingerprint density at radius 1 is 0.661 bits per heavy atom. The third-order valence-corrected chi connectivity index (χ3v) is 7.99. The molecule has 4 aromatic heterocycles. The summed E-state index contributed by atoms with van der Waals surface area (Å²) < 4.78 is 5.20. The van der Waals surface area contributed by atoms with Gasteiger partial charge in [-0.25, -0.2) is 49.7 Å². The fraction of sp³-hybridized carbons (Fsp3) is 0.394. The summed E-state index contributed by atoms with van der Waals surface area (Å²) in [5.74, 6) is 1.40. The van der Waals surface area contributed by atoms with Gasteiger partial charge in [-0.2, -0.15) is 0 Å². The van der Waals surface area contributed by atoms with Gasteiger partial charge in [0.15, 0.2) is 23.7 Å². The Hall–Kier alpha value is -3.61. The molecule has 0 radical (unpaired) electrons. The van der Waals surface area contributed by atoms with Crippen LogP contribution in [-0.4, -0.2) is 86.6 Å². The second kappa shape index (κ2) is 22.4. The predicted molar refractivity (Wildman–Crippen MR) is 216 cm³/mol. The summed E-state index contributed by atoms with van der Waals surface area (Å²) in [6.45, 7) is 16.2. The number of nitrogens with one attached hydrogen (secondary N) is 1. The maximum Gasteiger partial charge on any atom is 0.428 e. The number of nitrogens with zero attached hydrogens (tertiary/aromatic N) is 9. The third kappa shape index (κ3) is 16.1. The highest BCUT2D eigenvalue weighted by molar-refractivity contribution is 6.38. The van der Waals surface area contributed by atoms with Crippen LogP contribution in [0.5, 0.6) is 0 Å². The standard InChI is InChI=1S/C13H19ClN4O3.C7H8Cl2N2O.C7H6Cl2N2O.C6H4Cl2N2O/c1-7(19)9-10(14)15-8(2)16-11(9)17-18(6)12(20)21-13(3,4)5;2*1-3(12)5-6(8)10-4(2)11-7(5)9;1-3-9-5(7)4(2-11)6(8)10-3/h1-6H3,(H,15,16,17);3,12H,1-2H3;1-2H3;2H,1H3. The van der Waals surface area contributed by atoms with Gasteiger partial charge in [0, 0.05) is 7.05 Å². The van der Waals surface area contributed by atoms with Crippen molar-refractivity contribution in [2.75, 3.05) is 12.5 Å². The molecule has 0 aliphatic rings. The molecule has 304 valence electrons. The summed E-state index contributed by atoms with van der Waals surface area (Å²) in [6, 6.07) is 0. The zero-order chi connectivity index (χ0) is 43.4. The zero-order valence-corrected chi connectivity index (χ0v) is 37.1. The molecule has 0 aliphatic heterocycles. The molecule has 0 saturated heterocycles. The third-order valence-electron chi connectivity index (χ3n) is 6.02. The number of ketones is 2. The second-order valence-electron chi connectivity index (χ2n) is 12.1. The maximum atomic E-state index is 11.9. The molecule has 0 saturated carbocycles. The lowest BCUT2D eigenvalue weighted by atomic mass is 10.2. The number of carbonyl (C=O) groups excluding carboxylic acids is 4. The Balaban J connectivity index is 0.000000389. The van der Waals surface area contributed by atoms with Crippen molar-refractivity contribution in [3.05, 3.63) is 81.6 Å². The number of rotatable bonds is 6. The van der Waals surface area contributed by atoms with E-state index in [9.17, 15) is 24.3 Å². The number of Topliss-reactive ketones (excluding diaryl/α,β-unsaturated/α-hetero) is 2. The van der Waals surface area contributed by atoms with Crippen LogP contribution >= 0.6 is 81.2 Å². The highest BCUT2D eigenvalue weighted by atomic mass is 35.5. The molecule has 0 aromatic carbocycles. The Morgan fingerprint density at radius 2 is 1.00 bits per heavy atom. The predicted octanol–water partition coefficient (Wildman–Crippen LogP) is 9.18. The van der Waals surface area contributed by atoms with Crippen molar-refractivity contribution >= 4 is 111 Å². The number of amides is 1. The first kappa shape index (κ1) is 50.4. The van der Waals surface area contributed by atoms with Crippen LogP contribution < -0.4 is 5.43 Å². The number of hydrazine groups is 1. The van der Waals surface area contributed by atoms with Gasteiger partial charge in [-0.15, -0.1) is 0 Å². The van der Waals surface area contributed by atoms with E-state index in [1.54, 1.807) is 55.4 Å². The van der Waals surface area contributed by atoms with Crippen LogP contribution in [0.15, 0.2) is 0 Å². The molecule has 0 fully saturated rings. The minimum atomic E-state index is -0.745. The molecule has 1 amide bonds. The van der Waals surface area contributed by atoms with Gasteiger partial charge in [-0.1, -0.05) is 81.2 Å². The fourth-order valence-corrected chi connectivity index (χ4v) is 6.17. The number of aliphatic hydroxyl groups excluding tert-OH is 1. The number of hydrogen-bond acceptors (Lipinski definition) is 15. The van der Waals surface area contributed by atoms with Gasteiger partial charge in [0.05, 0.1) is 28.4 Å². The van der Waals surface area contributed by atoms with Gasteiger partial charge in [0.25, 0.3) is 0 Å². The molecule has 0 spiro atoms. The maximum absolute atomic E-state index is 11.9. The monoisotopic (exact) mass is 914 g/mol. The molecule has 4 aromatic rings. The number of ether oxygens (including phenoxy) is 1. The van der Waals surface area contributed by atoms with Crippen molar-refractivity contribution in [1.29, 1.82) is 0 Å². The molecule has 2 N–H and O–H groups in total. The number of aryl methyl sites for hydroxylation is 4. The smallest absolute Gasteiger partial charge is 0.428 e. The highest BCUT2D eigenvalue weighted by Crippen LogP contribution is 2.27. The van der Waals surface area contributed by atoms with E-state index in [1.165, 1.54) is 20.9 Å². The summed E-state index contributed by atoms with van der Waals surface area (Å²) in [5, 5.41) is 11.2. The average Bonchev–Trinajstić information content (AvgIpc) is 2.99. The van der Waals surface area contributed by atoms with E-state index in [1.807, 2.05) is 0 Å². The number of hydrogen-bond donors (Lipinski definition) is 2. The minimum absolute atomic E-state index is 0.0371. The molecule has 56 heavy (non-hydrogen) atoms. The van der Waals surface area contributed by atoms with E-state index in [0.717, 1.165) is 5.01 Å². The lowest BCUT2D eigenvalue weighted by molar-refractivity contribution is 0.0337. The van der Waals surface area contributed by atoms with Crippen molar-refractivity contribution in [1.82, 2.24) is 44.9 Å². The van der Waals surface area contributed by atoms with E-state index in [4.69, 9.17) is 85.9 Å². The van der Waals surface area contributed by atoms with Crippen LogP contribution in [0, 0.1) is 27.7 Å². The first-order chi connectivity index (χ1) is 25.7. The summed E-state index contributed by atoms with van der Waals surface area (Å²) in [6.07, 6.45) is -0.820. The number of aldehydes is 1. The van der Waals surface area contributed by atoms with Gasteiger partial charge in [0.1, 0.15) is 65.0 Å². The topological polar surface area (TPSA) is 216 Å². The summed E-state index contributed by atoms with van der Waals surface area (Å²) in [7, 11) is 1.46. The molecular weight excluding hydrogens is 881 g/mol. The molecule has 0 bridgehead atoms. The Bertz CT molecular complexity index is 2020. The van der Waals surface area contributed by atoms with Crippen molar-refractivity contribution in [2.45, 2.75) is 80.9 Å². The van der Waals surface area contributed by atoms with Crippen LogP contribution in [0.1, 0.15) is 108 Å². The number of aromatic nitrogens is 8. The lowest BCUT2D eigenvalue weighted by Gasteiger charge is -2.25. The number of carbonyl (C=O) groups is 4. The van der Waals surface area contributed by atoms with Crippen LogP contribution in [0.2, 0.25) is 36.1 Å². The normalized spacial score (nSPS) is 11.0. The van der Waals surface area contributed by atoms with Gasteiger partial charge in [0.2, 0.25) is 0 Å². The molecule has 0 aliphatic carbocycles. The van der Waals surface area contributed by atoms with Crippen LogP contribution in [0.25, 0.3) is 0 Å². The quantitative estimate of drug-likeness (QED) is 0.0798. The minimum Gasteiger partial charge on any atom is -0.442 e. The Kier molecular flexibility index (Phi) is 20.1. The van der Waals surface area contributed by atoms with Gasteiger partial charge in [-0.05, 0) is 69.2 Å². The first-order valence-electron chi connectivity index (χ1n) is 15.7. The van der Waals surface area contributed by atoms with Crippen LogP contribution in [0.4, 0.5) is 10.6 Å². The Morgan fingerprint density at radius 3 is 1.34 bits per heavy atom. The fourth-order valence-electron chi connectivity index (χ4n) is 3.73. The summed E-state index contributed by atoms with van der Waals surface area (Å²) in [5.41, 5.74) is 2.89. The van der Waals surface area contributed by atoms with Crippen molar-refractivity contribution in [3.63, 3.8) is 0 Å². The number of aliphatic hydroxyl groups is 1. The van der Waals surface area contributed by atoms with Crippen molar-refractivity contribution in [3.8, 4) is 0 Å². The van der Waals surface area contributed by atoms with E-state index in [2.05, 4.69) is 45.3 Å². The van der Waals surface area contributed by atoms with E-state index >= 15 is 0 Å². The number of anilines is 1. The average molecular weight is 918 g/mol. The summed E-state index contributed by atoms with van der Waals surface area (Å²) in [4.78, 5) is 75.6. The molecule has 1 atom stereocenters. The molecule has 16 nitrogen and oxygen atoms in total. The lowest BCUT2D eigenvalue weighted by Crippen LogP contribution is -2.38. The van der Waals surface area contributed by atoms with Gasteiger partial charge in [-0.3, -0.25) is 19.8 Å². The summed E-state index contributed by atoms with van der Waals surface area (Å²) >= 11 is 39.9. The second-order valence-corrected chi connectivity index (χ2v) is 14.6. The molecule has 4 rings (SSSR count). The molecule has 23 heteroatoms. The van der Waals surface area contributed by atoms with E-state index < -0.39 is 17.8 Å².